The van der Waals surface area contributed by atoms with E-state index in [1.165, 1.54) is 0 Å². The smallest absolute Gasteiger partial charge is 0.240 e. The number of rotatable bonds is 7. The monoisotopic (exact) mass is 353 g/mol. The Morgan fingerprint density at radius 3 is 2.42 bits per heavy atom. The standard InChI is InChI=1S/C18H31N3O2S/c1-15(2)12-17(21-10-8-20(4)9-11-21)14-19-24(22,23)18-7-5-6-16(3)13-18/h5-7,13,15,17,19H,8-12,14H2,1-4H3. The Labute approximate surface area is 147 Å². The molecule has 1 aromatic rings. The largest absolute Gasteiger partial charge is 0.304 e. The Bertz CT molecular complexity index is 623. The van der Waals surface area contributed by atoms with Crippen molar-refractivity contribution in [1.82, 2.24) is 14.5 Å². The first-order chi connectivity index (χ1) is 11.3. The molecule has 1 atom stereocenters. The molecule has 1 heterocycles. The Hall–Kier alpha value is -0.950. The van der Waals surface area contributed by atoms with Crippen LogP contribution in [0.4, 0.5) is 0 Å². The van der Waals surface area contributed by atoms with Crippen molar-refractivity contribution in [1.29, 1.82) is 0 Å². The van der Waals surface area contributed by atoms with E-state index in [4.69, 9.17) is 0 Å². The van der Waals surface area contributed by atoms with Crippen LogP contribution in [0, 0.1) is 12.8 Å². The van der Waals surface area contributed by atoms with Gasteiger partial charge in [0.1, 0.15) is 0 Å². The summed E-state index contributed by atoms with van der Waals surface area (Å²) in [6.07, 6.45) is 1.00. The first kappa shape index (κ1) is 19.4. The third-order valence-electron chi connectivity index (χ3n) is 4.61. The highest BCUT2D eigenvalue weighted by Crippen LogP contribution is 2.15. The summed E-state index contributed by atoms with van der Waals surface area (Å²) in [5, 5.41) is 0. The van der Waals surface area contributed by atoms with Crippen molar-refractivity contribution in [2.24, 2.45) is 5.92 Å². The van der Waals surface area contributed by atoms with Crippen molar-refractivity contribution in [2.45, 2.75) is 38.1 Å². The van der Waals surface area contributed by atoms with Crippen LogP contribution in [-0.2, 0) is 10.0 Å². The lowest BCUT2D eigenvalue weighted by molar-refractivity contribution is 0.102. The molecular weight excluding hydrogens is 322 g/mol. The lowest BCUT2D eigenvalue weighted by atomic mass is 10.0. The van der Waals surface area contributed by atoms with Gasteiger partial charge in [-0.05, 0) is 44.0 Å². The minimum Gasteiger partial charge on any atom is -0.304 e. The second kappa shape index (κ2) is 8.43. The van der Waals surface area contributed by atoms with E-state index >= 15 is 0 Å². The molecule has 1 N–H and O–H groups in total. The molecule has 0 bridgehead atoms. The van der Waals surface area contributed by atoms with E-state index in [1.54, 1.807) is 18.2 Å². The van der Waals surface area contributed by atoms with Crippen molar-refractivity contribution < 1.29 is 8.42 Å². The first-order valence-corrected chi connectivity index (χ1v) is 10.2. The second-order valence-corrected chi connectivity index (χ2v) is 9.06. The minimum atomic E-state index is -3.45. The van der Waals surface area contributed by atoms with Crippen LogP contribution >= 0.6 is 0 Å². The maximum Gasteiger partial charge on any atom is 0.240 e. The zero-order chi connectivity index (χ0) is 17.7. The predicted octanol–water partition coefficient (Wildman–Crippen LogP) is 1.94. The van der Waals surface area contributed by atoms with Crippen molar-refractivity contribution in [2.75, 3.05) is 39.8 Å². The SMILES string of the molecule is Cc1cccc(S(=O)(=O)NCC(CC(C)C)N2CCN(C)CC2)c1. The van der Waals surface area contributed by atoms with Crippen molar-refractivity contribution >= 4 is 10.0 Å². The first-order valence-electron chi connectivity index (χ1n) is 8.77. The lowest BCUT2D eigenvalue weighted by Crippen LogP contribution is -2.52. The summed E-state index contributed by atoms with van der Waals surface area (Å²) in [6, 6.07) is 7.32. The fraction of sp³-hybridized carbons (Fsp3) is 0.667. The van der Waals surface area contributed by atoms with Gasteiger partial charge in [0, 0.05) is 38.8 Å². The van der Waals surface area contributed by atoms with Crippen LogP contribution in [0.25, 0.3) is 0 Å². The molecule has 0 amide bonds. The van der Waals surface area contributed by atoms with E-state index in [0.717, 1.165) is 38.2 Å². The number of hydrogen-bond acceptors (Lipinski definition) is 4. The highest BCUT2D eigenvalue weighted by Gasteiger charge is 2.25. The molecule has 24 heavy (non-hydrogen) atoms. The van der Waals surface area contributed by atoms with Gasteiger partial charge in [0.15, 0.2) is 0 Å². The number of aryl methyl sites for hydroxylation is 1. The molecule has 2 rings (SSSR count). The molecule has 0 spiro atoms. The van der Waals surface area contributed by atoms with Gasteiger partial charge in [-0.25, -0.2) is 13.1 Å². The molecule has 1 aliphatic heterocycles. The van der Waals surface area contributed by atoms with Crippen LogP contribution in [-0.4, -0.2) is 64.0 Å². The molecule has 0 saturated carbocycles. The van der Waals surface area contributed by atoms with Gasteiger partial charge in [0.25, 0.3) is 0 Å². The van der Waals surface area contributed by atoms with Crippen LogP contribution < -0.4 is 4.72 Å². The molecule has 0 aromatic heterocycles. The summed E-state index contributed by atoms with van der Waals surface area (Å²) in [5.74, 6) is 0.540. The molecule has 0 aliphatic carbocycles. The molecule has 136 valence electrons. The highest BCUT2D eigenvalue weighted by atomic mass is 32.2. The zero-order valence-corrected chi connectivity index (χ0v) is 16.1. The molecular formula is C18H31N3O2S. The Balaban J connectivity index is 2.04. The zero-order valence-electron chi connectivity index (χ0n) is 15.3. The minimum absolute atomic E-state index is 0.248. The van der Waals surface area contributed by atoms with E-state index in [-0.39, 0.29) is 6.04 Å². The van der Waals surface area contributed by atoms with Gasteiger partial charge in [-0.15, -0.1) is 0 Å². The molecule has 0 radical (unpaired) electrons. The Morgan fingerprint density at radius 2 is 1.83 bits per heavy atom. The van der Waals surface area contributed by atoms with Crippen LogP contribution in [0.5, 0.6) is 0 Å². The highest BCUT2D eigenvalue weighted by molar-refractivity contribution is 7.89. The lowest BCUT2D eigenvalue weighted by Gasteiger charge is -2.38. The van der Waals surface area contributed by atoms with E-state index in [2.05, 4.69) is 35.4 Å². The van der Waals surface area contributed by atoms with Gasteiger partial charge < -0.3 is 4.90 Å². The van der Waals surface area contributed by atoms with Gasteiger partial charge in [-0.1, -0.05) is 26.0 Å². The summed E-state index contributed by atoms with van der Waals surface area (Å²) in [5.41, 5.74) is 0.954. The van der Waals surface area contributed by atoms with Crippen molar-refractivity contribution in [3.63, 3.8) is 0 Å². The maximum atomic E-state index is 12.6. The molecule has 1 fully saturated rings. The quantitative estimate of drug-likeness (QED) is 0.814. The average molecular weight is 354 g/mol. The van der Waals surface area contributed by atoms with Crippen LogP contribution in [0.15, 0.2) is 29.2 Å². The number of benzene rings is 1. The third kappa shape index (κ3) is 5.55. The number of sulfonamides is 1. The van der Waals surface area contributed by atoms with Crippen molar-refractivity contribution in [3.8, 4) is 0 Å². The molecule has 1 unspecified atom stereocenters. The van der Waals surface area contributed by atoms with E-state index in [0.29, 0.717) is 17.4 Å². The summed E-state index contributed by atoms with van der Waals surface area (Å²) in [7, 11) is -1.32. The molecule has 1 aromatic carbocycles. The Kier molecular flexibility index (Phi) is 6.80. The maximum absolute atomic E-state index is 12.6. The van der Waals surface area contributed by atoms with Gasteiger partial charge in [-0.3, -0.25) is 4.90 Å². The van der Waals surface area contributed by atoms with Crippen molar-refractivity contribution in [3.05, 3.63) is 29.8 Å². The van der Waals surface area contributed by atoms with Gasteiger partial charge in [0.05, 0.1) is 4.90 Å². The topological polar surface area (TPSA) is 52.7 Å². The van der Waals surface area contributed by atoms with Gasteiger partial charge in [0.2, 0.25) is 10.0 Å². The fourth-order valence-electron chi connectivity index (χ4n) is 3.16. The van der Waals surface area contributed by atoms with Crippen LogP contribution in [0.2, 0.25) is 0 Å². The number of nitrogens with one attached hydrogen (secondary N) is 1. The fourth-order valence-corrected chi connectivity index (χ4v) is 4.34. The summed E-state index contributed by atoms with van der Waals surface area (Å²) in [6.45, 7) is 10.8. The third-order valence-corrected chi connectivity index (χ3v) is 6.03. The summed E-state index contributed by atoms with van der Waals surface area (Å²) in [4.78, 5) is 5.10. The molecule has 6 heteroatoms. The number of hydrogen-bond donors (Lipinski definition) is 1. The summed E-state index contributed by atoms with van der Waals surface area (Å²) < 4.78 is 28.0. The summed E-state index contributed by atoms with van der Waals surface area (Å²) >= 11 is 0. The molecule has 1 aliphatic rings. The predicted molar refractivity (Wildman–Crippen MR) is 98.7 cm³/mol. The van der Waals surface area contributed by atoms with Gasteiger partial charge >= 0.3 is 0 Å². The normalized spacial score (nSPS) is 18.9. The number of likely N-dealkylation sites (N-methyl/N-ethyl adjacent to an activating group) is 1. The van der Waals surface area contributed by atoms with E-state index in [9.17, 15) is 8.42 Å². The van der Waals surface area contributed by atoms with Gasteiger partial charge in [-0.2, -0.15) is 0 Å². The van der Waals surface area contributed by atoms with E-state index < -0.39 is 10.0 Å². The second-order valence-electron chi connectivity index (χ2n) is 7.29. The molecule has 5 nitrogen and oxygen atoms in total. The van der Waals surface area contributed by atoms with Crippen LogP contribution in [0.3, 0.4) is 0 Å². The number of nitrogens with zero attached hydrogens (tertiary/aromatic N) is 2. The van der Waals surface area contributed by atoms with Crippen LogP contribution in [0.1, 0.15) is 25.8 Å². The number of piperazine rings is 1. The molecule has 1 saturated heterocycles. The van der Waals surface area contributed by atoms with E-state index in [1.807, 2.05) is 13.0 Å². The average Bonchev–Trinajstić information content (AvgIpc) is 2.52. The Morgan fingerprint density at radius 1 is 1.17 bits per heavy atom.